The maximum absolute atomic E-state index is 12.8. The molecule has 5 unspecified atom stereocenters. The number of ether oxygens (including phenoxy) is 2. The summed E-state index contributed by atoms with van der Waals surface area (Å²) in [6.07, 6.45) is 4.42. The molecule has 6 nitrogen and oxygen atoms in total. The summed E-state index contributed by atoms with van der Waals surface area (Å²) in [6.45, 7) is 9.09. The van der Waals surface area contributed by atoms with Crippen molar-refractivity contribution in [3.63, 3.8) is 0 Å². The van der Waals surface area contributed by atoms with E-state index in [1.54, 1.807) is 13.8 Å². The van der Waals surface area contributed by atoms with Gasteiger partial charge in [0, 0.05) is 19.3 Å². The molecular formula is C21H34O6. The Morgan fingerprint density at radius 1 is 1.00 bits per heavy atom. The third-order valence-corrected chi connectivity index (χ3v) is 7.25. The lowest BCUT2D eigenvalue weighted by Gasteiger charge is -2.64. The van der Waals surface area contributed by atoms with Crippen molar-refractivity contribution in [3.8, 4) is 0 Å². The summed E-state index contributed by atoms with van der Waals surface area (Å²) in [5.41, 5.74) is -4.36. The van der Waals surface area contributed by atoms with E-state index in [1.165, 1.54) is 0 Å². The predicted octanol–water partition coefficient (Wildman–Crippen LogP) is 3.44. The molecule has 6 heteroatoms. The van der Waals surface area contributed by atoms with E-state index in [0.29, 0.717) is 44.9 Å². The number of carboxylic acid groups (broad SMARTS) is 1. The van der Waals surface area contributed by atoms with Crippen molar-refractivity contribution >= 4 is 11.9 Å². The molecule has 0 amide bonds. The van der Waals surface area contributed by atoms with Gasteiger partial charge in [-0.2, -0.15) is 0 Å². The van der Waals surface area contributed by atoms with Crippen LogP contribution in [0.25, 0.3) is 0 Å². The Bertz CT molecular complexity index is 645. The smallest absolute Gasteiger partial charge is 0.335 e. The van der Waals surface area contributed by atoms with Crippen LogP contribution in [0.1, 0.15) is 86.0 Å². The molecule has 4 bridgehead atoms. The number of hydrogen-bond donors (Lipinski definition) is 2. The minimum Gasteiger partial charge on any atom is -0.479 e. The Labute approximate surface area is 161 Å². The zero-order valence-corrected chi connectivity index (χ0v) is 17.3. The number of aliphatic hydroxyl groups is 1. The highest BCUT2D eigenvalue weighted by atomic mass is 16.6. The molecule has 5 atom stereocenters. The van der Waals surface area contributed by atoms with Gasteiger partial charge in [-0.25, -0.2) is 4.79 Å². The summed E-state index contributed by atoms with van der Waals surface area (Å²) < 4.78 is 12.4. The Morgan fingerprint density at radius 2 is 1.59 bits per heavy atom. The van der Waals surface area contributed by atoms with Crippen LogP contribution in [0.2, 0.25) is 0 Å². The highest BCUT2D eigenvalue weighted by Gasteiger charge is 2.67. The van der Waals surface area contributed by atoms with E-state index in [1.807, 2.05) is 20.8 Å². The van der Waals surface area contributed by atoms with Gasteiger partial charge in [0.05, 0.1) is 16.6 Å². The number of esters is 1. The quantitative estimate of drug-likeness (QED) is 0.655. The SMILES string of the molecule is CCC(C)(C)C(=O)OC12CC3CC(O)(C1)CC(OC(C)(CC)C(=O)O)(C3)C2. The van der Waals surface area contributed by atoms with Crippen LogP contribution in [-0.4, -0.2) is 44.6 Å². The highest BCUT2D eigenvalue weighted by Crippen LogP contribution is 2.62. The lowest BCUT2D eigenvalue weighted by Crippen LogP contribution is -2.69. The predicted molar refractivity (Wildman–Crippen MR) is 99.2 cm³/mol. The van der Waals surface area contributed by atoms with Gasteiger partial charge >= 0.3 is 11.9 Å². The van der Waals surface area contributed by atoms with E-state index in [9.17, 15) is 19.8 Å². The molecule has 0 spiro atoms. The largest absolute Gasteiger partial charge is 0.479 e. The van der Waals surface area contributed by atoms with Gasteiger partial charge in [-0.3, -0.25) is 4.79 Å². The molecule has 4 fully saturated rings. The number of rotatable bonds is 7. The van der Waals surface area contributed by atoms with E-state index in [0.717, 1.165) is 6.42 Å². The maximum Gasteiger partial charge on any atom is 0.335 e. The second-order valence-electron chi connectivity index (χ2n) is 10.2. The molecule has 4 saturated carbocycles. The minimum absolute atomic E-state index is 0.179. The van der Waals surface area contributed by atoms with Crippen molar-refractivity contribution in [2.45, 2.75) is 108 Å². The van der Waals surface area contributed by atoms with E-state index in [4.69, 9.17) is 9.47 Å². The van der Waals surface area contributed by atoms with Crippen molar-refractivity contribution in [1.29, 1.82) is 0 Å². The summed E-state index contributed by atoms with van der Waals surface area (Å²) in [5.74, 6) is -1.06. The second-order valence-corrected chi connectivity index (χ2v) is 10.2. The Morgan fingerprint density at radius 3 is 2.11 bits per heavy atom. The van der Waals surface area contributed by atoms with Gasteiger partial charge in [0.1, 0.15) is 5.60 Å². The Hall–Kier alpha value is -1.14. The van der Waals surface area contributed by atoms with Gasteiger partial charge in [-0.15, -0.1) is 0 Å². The lowest BCUT2D eigenvalue weighted by molar-refractivity contribution is -0.296. The van der Waals surface area contributed by atoms with E-state index < -0.39 is 33.8 Å². The van der Waals surface area contributed by atoms with Crippen molar-refractivity contribution in [2.24, 2.45) is 11.3 Å². The summed E-state index contributed by atoms with van der Waals surface area (Å²) >= 11 is 0. The van der Waals surface area contributed by atoms with E-state index in [2.05, 4.69) is 0 Å². The molecule has 0 heterocycles. The maximum atomic E-state index is 12.8. The van der Waals surface area contributed by atoms with Crippen LogP contribution in [0.4, 0.5) is 0 Å². The topological polar surface area (TPSA) is 93.1 Å². The third kappa shape index (κ3) is 3.51. The fraction of sp³-hybridized carbons (Fsp3) is 0.905. The molecule has 0 radical (unpaired) electrons. The lowest BCUT2D eigenvalue weighted by atomic mass is 9.50. The molecule has 4 aliphatic rings. The van der Waals surface area contributed by atoms with Crippen molar-refractivity contribution in [1.82, 2.24) is 0 Å². The van der Waals surface area contributed by atoms with Crippen LogP contribution in [0.3, 0.4) is 0 Å². The second kappa shape index (κ2) is 6.18. The number of aliphatic carboxylic acids is 1. The first-order chi connectivity index (χ1) is 12.3. The average Bonchev–Trinajstić information content (AvgIpc) is 2.51. The van der Waals surface area contributed by atoms with Crippen LogP contribution in [-0.2, 0) is 19.1 Å². The first-order valence-corrected chi connectivity index (χ1v) is 10.2. The minimum atomic E-state index is -1.31. The molecule has 0 aromatic carbocycles. The van der Waals surface area contributed by atoms with Gasteiger partial charge in [0.15, 0.2) is 5.60 Å². The van der Waals surface area contributed by atoms with Gasteiger partial charge in [-0.05, 0) is 58.8 Å². The highest BCUT2D eigenvalue weighted by molar-refractivity contribution is 5.77. The molecule has 4 aliphatic carbocycles. The molecule has 2 N–H and O–H groups in total. The number of carbonyl (C=O) groups excluding carboxylic acids is 1. The molecule has 0 aromatic rings. The summed E-state index contributed by atoms with van der Waals surface area (Å²) in [7, 11) is 0. The van der Waals surface area contributed by atoms with Crippen molar-refractivity contribution in [3.05, 3.63) is 0 Å². The fourth-order valence-corrected chi connectivity index (χ4v) is 5.66. The standard InChI is InChI=1S/C21H34O6/c1-6-17(3,4)16(24)26-20-9-14-8-19(25,11-20)12-21(10-14,13-20)27-18(5,7-2)15(22)23/h14,25H,6-13H2,1-5H3,(H,22,23). The van der Waals surface area contributed by atoms with Gasteiger partial charge in [0.2, 0.25) is 0 Å². The zero-order chi connectivity index (χ0) is 20.3. The normalized spacial score (nSPS) is 39.9. The molecule has 0 aromatic heterocycles. The molecule has 0 saturated heterocycles. The molecular weight excluding hydrogens is 348 g/mol. The number of hydrogen-bond acceptors (Lipinski definition) is 5. The van der Waals surface area contributed by atoms with Crippen LogP contribution in [0.5, 0.6) is 0 Å². The number of carbonyl (C=O) groups is 2. The van der Waals surface area contributed by atoms with E-state index in [-0.39, 0.29) is 11.9 Å². The van der Waals surface area contributed by atoms with Gasteiger partial charge in [0.25, 0.3) is 0 Å². The molecule has 4 rings (SSSR count). The number of carboxylic acids is 1. The third-order valence-electron chi connectivity index (χ3n) is 7.25. The van der Waals surface area contributed by atoms with Gasteiger partial charge < -0.3 is 19.7 Å². The fourth-order valence-electron chi connectivity index (χ4n) is 5.66. The van der Waals surface area contributed by atoms with Crippen LogP contribution in [0, 0.1) is 11.3 Å². The van der Waals surface area contributed by atoms with E-state index >= 15 is 0 Å². The van der Waals surface area contributed by atoms with Crippen LogP contribution < -0.4 is 0 Å². The molecule has 0 aliphatic heterocycles. The molecule has 154 valence electrons. The average molecular weight is 382 g/mol. The first-order valence-electron chi connectivity index (χ1n) is 10.2. The first kappa shape index (κ1) is 20.6. The Kier molecular flexibility index (Phi) is 4.71. The Balaban J connectivity index is 1.91. The van der Waals surface area contributed by atoms with Crippen LogP contribution >= 0.6 is 0 Å². The van der Waals surface area contributed by atoms with Crippen molar-refractivity contribution < 1.29 is 29.3 Å². The molecule has 27 heavy (non-hydrogen) atoms. The summed E-state index contributed by atoms with van der Waals surface area (Å²) in [6, 6.07) is 0. The van der Waals surface area contributed by atoms with Crippen LogP contribution in [0.15, 0.2) is 0 Å². The van der Waals surface area contributed by atoms with Gasteiger partial charge in [-0.1, -0.05) is 13.8 Å². The zero-order valence-electron chi connectivity index (χ0n) is 17.3. The summed E-state index contributed by atoms with van der Waals surface area (Å²) in [5, 5.41) is 20.9. The monoisotopic (exact) mass is 382 g/mol. The summed E-state index contributed by atoms with van der Waals surface area (Å²) in [4.78, 5) is 24.6. The van der Waals surface area contributed by atoms with Crippen molar-refractivity contribution in [2.75, 3.05) is 0 Å².